The van der Waals surface area contributed by atoms with E-state index in [1.807, 2.05) is 43.3 Å². The summed E-state index contributed by atoms with van der Waals surface area (Å²) in [4.78, 5) is 29.2. The first-order chi connectivity index (χ1) is 12.4. The number of nitrogens with zero attached hydrogens (tertiary/aromatic N) is 2. The number of rotatable bonds is 5. The summed E-state index contributed by atoms with van der Waals surface area (Å²) >= 11 is 0. The van der Waals surface area contributed by atoms with Crippen LogP contribution in [0, 0.1) is 11.3 Å². The quantitative estimate of drug-likeness (QED) is 0.813. The zero-order chi connectivity index (χ0) is 18.7. The van der Waals surface area contributed by atoms with Gasteiger partial charge in [0.25, 0.3) is 0 Å². The highest BCUT2D eigenvalue weighted by Crippen LogP contribution is 2.49. The first kappa shape index (κ1) is 18.7. The number of carbonyl (C=O) groups excluding carboxylic acids is 2. The van der Waals surface area contributed by atoms with Gasteiger partial charge in [-0.25, -0.2) is 0 Å². The second kappa shape index (κ2) is 7.68. The Labute approximate surface area is 156 Å². The van der Waals surface area contributed by atoms with E-state index in [-0.39, 0.29) is 23.1 Å². The predicted molar refractivity (Wildman–Crippen MR) is 101 cm³/mol. The van der Waals surface area contributed by atoms with Gasteiger partial charge >= 0.3 is 0 Å². The maximum absolute atomic E-state index is 12.8. The van der Waals surface area contributed by atoms with Crippen LogP contribution in [0.15, 0.2) is 24.3 Å². The minimum absolute atomic E-state index is 0.00693. The summed E-state index contributed by atoms with van der Waals surface area (Å²) < 4.78 is 5.25. The van der Waals surface area contributed by atoms with E-state index in [1.165, 1.54) is 12.8 Å². The molecule has 2 fully saturated rings. The molecule has 1 aliphatic carbocycles. The van der Waals surface area contributed by atoms with Crippen molar-refractivity contribution in [3.05, 3.63) is 29.8 Å². The minimum atomic E-state index is -0.0410. The van der Waals surface area contributed by atoms with Gasteiger partial charge in [-0.2, -0.15) is 0 Å². The Morgan fingerprint density at radius 2 is 2.00 bits per heavy atom. The summed E-state index contributed by atoms with van der Waals surface area (Å²) in [7, 11) is 5.29. The third kappa shape index (κ3) is 3.71. The highest BCUT2D eigenvalue weighted by molar-refractivity contribution is 5.83. The number of carbonyl (C=O) groups is 2. The fraction of sp³-hybridized carbons (Fsp3) is 0.619. The molecule has 1 unspecified atom stereocenters. The van der Waals surface area contributed by atoms with Crippen molar-refractivity contribution in [2.24, 2.45) is 11.3 Å². The average Bonchev–Trinajstić information content (AvgIpc) is 3.27. The van der Waals surface area contributed by atoms with E-state index in [0.717, 1.165) is 30.7 Å². The predicted octanol–water partition coefficient (Wildman–Crippen LogP) is 2.73. The minimum Gasteiger partial charge on any atom is -0.497 e. The van der Waals surface area contributed by atoms with Crippen LogP contribution in [0.5, 0.6) is 5.75 Å². The molecular weight excluding hydrogens is 328 g/mol. The summed E-state index contributed by atoms with van der Waals surface area (Å²) in [5, 5.41) is 0. The van der Waals surface area contributed by atoms with Crippen LogP contribution < -0.4 is 4.74 Å². The van der Waals surface area contributed by atoms with Crippen LogP contribution in [-0.2, 0) is 16.0 Å². The molecule has 5 nitrogen and oxygen atoms in total. The third-order valence-corrected chi connectivity index (χ3v) is 6.10. The first-order valence-corrected chi connectivity index (χ1v) is 9.57. The molecule has 1 spiro atoms. The number of ether oxygens (including phenoxy) is 1. The van der Waals surface area contributed by atoms with Gasteiger partial charge in [-0.05, 0) is 37.0 Å². The summed E-state index contributed by atoms with van der Waals surface area (Å²) in [5.74, 6) is 1.11. The fourth-order valence-electron chi connectivity index (χ4n) is 4.63. The Kier molecular flexibility index (Phi) is 5.54. The van der Waals surface area contributed by atoms with E-state index in [2.05, 4.69) is 0 Å². The third-order valence-electron chi connectivity index (χ3n) is 6.10. The number of hydrogen-bond donors (Lipinski definition) is 0. The maximum Gasteiger partial charge on any atom is 0.227 e. The zero-order valence-corrected chi connectivity index (χ0v) is 16.2. The lowest BCUT2D eigenvalue weighted by Gasteiger charge is -2.30. The Bertz CT molecular complexity index is 665. The topological polar surface area (TPSA) is 49.9 Å². The van der Waals surface area contributed by atoms with Gasteiger partial charge in [-0.3, -0.25) is 9.59 Å². The highest BCUT2D eigenvalue weighted by Gasteiger charge is 2.52. The van der Waals surface area contributed by atoms with E-state index in [9.17, 15) is 9.59 Å². The van der Waals surface area contributed by atoms with Crippen molar-refractivity contribution in [3.8, 4) is 5.75 Å². The number of methoxy groups -OCH3 is 1. The number of amides is 2. The van der Waals surface area contributed by atoms with Crippen molar-refractivity contribution in [3.63, 3.8) is 0 Å². The zero-order valence-electron chi connectivity index (χ0n) is 16.2. The number of benzene rings is 1. The molecule has 1 heterocycles. The Morgan fingerprint density at radius 1 is 1.27 bits per heavy atom. The molecule has 1 saturated heterocycles. The molecule has 3 rings (SSSR count). The van der Waals surface area contributed by atoms with Crippen LogP contribution in [0.2, 0.25) is 0 Å². The lowest BCUT2D eigenvalue weighted by Crippen LogP contribution is -2.39. The average molecular weight is 358 g/mol. The van der Waals surface area contributed by atoms with Gasteiger partial charge in [0.15, 0.2) is 0 Å². The maximum atomic E-state index is 12.8. The summed E-state index contributed by atoms with van der Waals surface area (Å²) in [6, 6.07) is 7.87. The molecule has 1 aliphatic heterocycles. The first-order valence-electron chi connectivity index (χ1n) is 9.57. The Morgan fingerprint density at radius 3 is 2.65 bits per heavy atom. The molecule has 0 aromatic heterocycles. The molecule has 0 bridgehead atoms. The number of aryl methyl sites for hydroxylation is 1. The Hall–Kier alpha value is -2.04. The van der Waals surface area contributed by atoms with Gasteiger partial charge in [0.2, 0.25) is 11.8 Å². The van der Waals surface area contributed by atoms with Crippen molar-refractivity contribution in [2.75, 3.05) is 34.3 Å². The number of hydrogen-bond acceptors (Lipinski definition) is 3. The van der Waals surface area contributed by atoms with E-state index < -0.39 is 0 Å². The largest absolute Gasteiger partial charge is 0.497 e. The summed E-state index contributed by atoms with van der Waals surface area (Å²) in [6.07, 6.45) is 5.65. The smallest absolute Gasteiger partial charge is 0.227 e. The van der Waals surface area contributed by atoms with E-state index in [4.69, 9.17) is 4.74 Å². The van der Waals surface area contributed by atoms with Crippen LogP contribution in [0.4, 0.5) is 0 Å². The van der Waals surface area contributed by atoms with Crippen molar-refractivity contribution < 1.29 is 14.3 Å². The van der Waals surface area contributed by atoms with Crippen molar-refractivity contribution in [2.45, 2.75) is 38.5 Å². The lowest BCUT2D eigenvalue weighted by molar-refractivity contribution is -0.135. The standard InChI is InChI=1S/C21H30N2O3/c1-22(2)20(25)18-14-23(15-21(18)11-4-5-12-21)19(24)10-9-16-7-6-8-17(13-16)26-3/h6-8,13,18H,4-5,9-12,14-15H2,1-3H3. The van der Waals surface area contributed by atoms with Gasteiger partial charge in [0, 0.05) is 39.0 Å². The molecule has 5 heteroatoms. The summed E-state index contributed by atoms with van der Waals surface area (Å²) in [6.45, 7) is 1.32. The van der Waals surface area contributed by atoms with Crippen LogP contribution >= 0.6 is 0 Å². The van der Waals surface area contributed by atoms with Gasteiger partial charge in [-0.1, -0.05) is 25.0 Å². The second-order valence-electron chi connectivity index (χ2n) is 7.98. The van der Waals surface area contributed by atoms with Gasteiger partial charge in [0.1, 0.15) is 5.75 Å². The fourth-order valence-corrected chi connectivity index (χ4v) is 4.63. The van der Waals surface area contributed by atoms with Crippen LogP contribution in [0.3, 0.4) is 0 Å². The van der Waals surface area contributed by atoms with Gasteiger partial charge in [-0.15, -0.1) is 0 Å². The monoisotopic (exact) mass is 358 g/mol. The van der Waals surface area contributed by atoms with Gasteiger partial charge in [0.05, 0.1) is 13.0 Å². The van der Waals surface area contributed by atoms with Crippen LogP contribution in [0.25, 0.3) is 0 Å². The van der Waals surface area contributed by atoms with E-state index >= 15 is 0 Å². The molecule has 0 N–H and O–H groups in total. The van der Waals surface area contributed by atoms with Crippen molar-refractivity contribution in [1.82, 2.24) is 9.80 Å². The molecule has 1 atom stereocenters. The number of likely N-dealkylation sites (tertiary alicyclic amines) is 1. The normalized spacial score (nSPS) is 21.2. The second-order valence-corrected chi connectivity index (χ2v) is 7.98. The molecule has 1 aromatic rings. The molecule has 1 saturated carbocycles. The molecule has 2 aliphatic rings. The van der Waals surface area contributed by atoms with E-state index in [0.29, 0.717) is 19.4 Å². The molecule has 26 heavy (non-hydrogen) atoms. The van der Waals surface area contributed by atoms with Crippen LogP contribution in [-0.4, -0.2) is 55.9 Å². The summed E-state index contributed by atoms with van der Waals surface area (Å²) in [5.41, 5.74) is 1.11. The lowest BCUT2D eigenvalue weighted by atomic mass is 9.76. The highest BCUT2D eigenvalue weighted by atomic mass is 16.5. The van der Waals surface area contributed by atoms with E-state index in [1.54, 1.807) is 12.0 Å². The molecular formula is C21H30N2O3. The molecule has 142 valence electrons. The van der Waals surface area contributed by atoms with Crippen LogP contribution in [0.1, 0.15) is 37.7 Å². The van der Waals surface area contributed by atoms with Gasteiger partial charge < -0.3 is 14.5 Å². The van der Waals surface area contributed by atoms with Crippen molar-refractivity contribution >= 4 is 11.8 Å². The SMILES string of the molecule is COc1cccc(CCC(=O)N2CC(C(=O)N(C)C)C3(CCCC3)C2)c1. The molecule has 0 radical (unpaired) electrons. The molecule has 2 amide bonds. The molecule has 1 aromatic carbocycles. The van der Waals surface area contributed by atoms with Crippen molar-refractivity contribution in [1.29, 1.82) is 0 Å². The Balaban J connectivity index is 1.65.